The van der Waals surface area contributed by atoms with E-state index in [9.17, 15) is 0 Å². The summed E-state index contributed by atoms with van der Waals surface area (Å²) in [4.78, 5) is 0. The molecule has 1 saturated heterocycles. The van der Waals surface area contributed by atoms with Crippen LogP contribution in [-0.2, 0) is 4.74 Å². The zero-order valence-electron chi connectivity index (χ0n) is 5.15. The molecule has 0 saturated carbocycles. The molecule has 0 bridgehead atoms. The fraction of sp³-hybridized carbons (Fsp3) is 1.00. The van der Waals surface area contributed by atoms with E-state index in [1.165, 1.54) is 0 Å². The predicted octanol–water partition coefficient (Wildman–Crippen LogP) is 2.01. The van der Waals surface area contributed by atoms with Crippen LogP contribution in [-0.4, -0.2) is 24.0 Å². The van der Waals surface area contributed by atoms with Crippen molar-refractivity contribution < 1.29 is 4.74 Å². The lowest BCUT2D eigenvalue weighted by Gasteiger charge is -2.00. The van der Waals surface area contributed by atoms with Crippen molar-refractivity contribution in [3.05, 3.63) is 0 Å². The summed E-state index contributed by atoms with van der Waals surface area (Å²) < 4.78 is 5.00. The Balaban J connectivity index is 1.90. The molecule has 1 fully saturated rings. The minimum absolute atomic E-state index is 0.135. The molecule has 0 aromatic heterocycles. The van der Waals surface area contributed by atoms with E-state index in [4.69, 9.17) is 27.9 Å². The Morgan fingerprint density at radius 1 is 1.67 bits per heavy atom. The summed E-state index contributed by atoms with van der Waals surface area (Å²) in [6.07, 6.45) is 2.55. The first-order valence-electron chi connectivity index (χ1n) is 3.14. The Bertz CT molecular complexity index is 83.1. The molecule has 1 aliphatic heterocycles. The quantitative estimate of drug-likeness (QED) is 0.463. The predicted molar refractivity (Wildman–Crippen MR) is 39.3 cm³/mol. The molecule has 2 atom stereocenters. The third-order valence-electron chi connectivity index (χ3n) is 1.37. The van der Waals surface area contributed by atoms with Gasteiger partial charge in [-0.05, 0) is 12.8 Å². The summed E-state index contributed by atoms with van der Waals surface area (Å²) in [6.45, 7) is 0.923. The molecule has 1 nitrogen and oxygen atoms in total. The Labute approximate surface area is 65.3 Å². The monoisotopic (exact) mass is 168 g/mol. The van der Waals surface area contributed by atoms with Gasteiger partial charge in [0.15, 0.2) is 0 Å². The van der Waals surface area contributed by atoms with E-state index in [1.807, 2.05) is 0 Å². The molecule has 0 aliphatic carbocycles. The zero-order valence-corrected chi connectivity index (χ0v) is 6.66. The molecule has 0 unspecified atom stereocenters. The van der Waals surface area contributed by atoms with Crippen molar-refractivity contribution in [2.45, 2.75) is 24.3 Å². The molecule has 0 N–H and O–H groups in total. The number of ether oxygens (including phenoxy) is 1. The maximum Gasteiger partial charge on any atom is 0.0810 e. The lowest BCUT2D eigenvalue weighted by atomic mass is 10.2. The molecule has 9 heavy (non-hydrogen) atoms. The average Bonchev–Trinajstić information content (AvgIpc) is 2.65. The van der Waals surface area contributed by atoms with Crippen molar-refractivity contribution in [2.24, 2.45) is 0 Å². The van der Waals surface area contributed by atoms with E-state index in [0.717, 1.165) is 19.4 Å². The molecule has 0 aromatic rings. The van der Waals surface area contributed by atoms with E-state index >= 15 is 0 Å². The van der Waals surface area contributed by atoms with E-state index in [2.05, 4.69) is 0 Å². The van der Waals surface area contributed by atoms with Gasteiger partial charge in [0.2, 0.25) is 0 Å². The first-order valence-corrected chi connectivity index (χ1v) is 4.11. The Kier molecular flexibility index (Phi) is 3.10. The van der Waals surface area contributed by atoms with E-state index in [0.29, 0.717) is 12.0 Å². The summed E-state index contributed by atoms with van der Waals surface area (Å²) in [7, 11) is 0. The van der Waals surface area contributed by atoms with Crippen LogP contribution >= 0.6 is 23.2 Å². The summed E-state index contributed by atoms with van der Waals surface area (Å²) in [6, 6.07) is 0. The second-order valence-electron chi connectivity index (χ2n) is 2.28. The van der Waals surface area contributed by atoms with Gasteiger partial charge in [0, 0.05) is 11.3 Å². The van der Waals surface area contributed by atoms with Crippen LogP contribution in [0.2, 0.25) is 0 Å². The number of hydrogen-bond acceptors (Lipinski definition) is 1. The fourth-order valence-electron chi connectivity index (χ4n) is 0.679. The third kappa shape index (κ3) is 3.29. The van der Waals surface area contributed by atoms with E-state index < -0.39 is 0 Å². The van der Waals surface area contributed by atoms with Gasteiger partial charge in [-0.2, -0.15) is 0 Å². The van der Waals surface area contributed by atoms with Gasteiger partial charge in [0.1, 0.15) is 0 Å². The highest BCUT2D eigenvalue weighted by Gasteiger charge is 2.22. The van der Waals surface area contributed by atoms with Crippen LogP contribution < -0.4 is 0 Å². The van der Waals surface area contributed by atoms with Crippen molar-refractivity contribution in [3.63, 3.8) is 0 Å². The summed E-state index contributed by atoms with van der Waals surface area (Å²) in [5, 5.41) is 0.135. The van der Waals surface area contributed by atoms with Crippen LogP contribution in [0.15, 0.2) is 0 Å². The molecule has 1 rings (SSSR count). The maximum absolute atomic E-state index is 5.75. The van der Waals surface area contributed by atoms with Crippen LogP contribution in [0.4, 0.5) is 0 Å². The Hall–Kier alpha value is 0.540. The molecule has 0 radical (unpaired) electrons. The normalized spacial score (nSPS) is 28.0. The summed E-state index contributed by atoms with van der Waals surface area (Å²) in [5.41, 5.74) is 0. The maximum atomic E-state index is 5.75. The van der Waals surface area contributed by atoms with Crippen molar-refractivity contribution in [1.82, 2.24) is 0 Å². The van der Waals surface area contributed by atoms with Crippen LogP contribution in [0.25, 0.3) is 0 Å². The van der Waals surface area contributed by atoms with Gasteiger partial charge in [0.05, 0.1) is 12.7 Å². The molecule has 0 aromatic carbocycles. The van der Waals surface area contributed by atoms with Gasteiger partial charge in [-0.15, -0.1) is 23.2 Å². The van der Waals surface area contributed by atoms with Gasteiger partial charge in [-0.1, -0.05) is 0 Å². The zero-order chi connectivity index (χ0) is 6.69. The molecular formula is C6H10Cl2O. The van der Waals surface area contributed by atoms with Crippen molar-refractivity contribution in [2.75, 3.05) is 12.5 Å². The van der Waals surface area contributed by atoms with Crippen LogP contribution in [0, 0.1) is 0 Å². The summed E-state index contributed by atoms with van der Waals surface area (Å²) in [5.74, 6) is 0.550. The molecule has 0 spiro atoms. The number of rotatable bonds is 4. The molecule has 1 heterocycles. The van der Waals surface area contributed by atoms with Crippen molar-refractivity contribution >= 4 is 23.2 Å². The van der Waals surface area contributed by atoms with Gasteiger partial charge >= 0.3 is 0 Å². The van der Waals surface area contributed by atoms with Gasteiger partial charge in [-0.25, -0.2) is 0 Å². The van der Waals surface area contributed by atoms with Gasteiger partial charge < -0.3 is 4.74 Å². The lowest BCUT2D eigenvalue weighted by molar-refractivity contribution is 0.391. The molecule has 1 aliphatic rings. The molecule has 54 valence electrons. The highest BCUT2D eigenvalue weighted by atomic mass is 35.5. The number of halogens is 2. The van der Waals surface area contributed by atoms with Crippen LogP contribution in [0.3, 0.4) is 0 Å². The van der Waals surface area contributed by atoms with E-state index in [1.54, 1.807) is 0 Å². The highest BCUT2D eigenvalue weighted by molar-refractivity contribution is 6.28. The average molecular weight is 169 g/mol. The minimum Gasteiger partial charge on any atom is -0.373 e. The van der Waals surface area contributed by atoms with Crippen molar-refractivity contribution in [1.29, 1.82) is 0 Å². The van der Waals surface area contributed by atoms with Gasteiger partial charge in [0.25, 0.3) is 0 Å². The van der Waals surface area contributed by atoms with Crippen LogP contribution in [0.1, 0.15) is 12.8 Å². The van der Waals surface area contributed by atoms with Crippen LogP contribution in [0.5, 0.6) is 0 Å². The number of hydrogen-bond donors (Lipinski definition) is 0. The standard InChI is InChI=1S/C6H10Cl2O/c7-3-5(8)1-2-6-4-9-6/h5-6H,1-4H2/t5-,6-/m1/s1. The van der Waals surface area contributed by atoms with E-state index in [-0.39, 0.29) is 5.38 Å². The van der Waals surface area contributed by atoms with Gasteiger partial charge in [-0.3, -0.25) is 0 Å². The SMILES string of the molecule is ClC[C@H](Cl)CC[C@@H]1CO1. The summed E-state index contributed by atoms with van der Waals surface area (Å²) >= 11 is 11.2. The fourth-order valence-corrected chi connectivity index (χ4v) is 0.959. The second-order valence-corrected chi connectivity index (χ2v) is 3.21. The first kappa shape index (κ1) is 7.64. The largest absolute Gasteiger partial charge is 0.373 e. The highest BCUT2D eigenvalue weighted by Crippen LogP contribution is 2.18. The second kappa shape index (κ2) is 3.65. The smallest absolute Gasteiger partial charge is 0.0810 e. The topological polar surface area (TPSA) is 12.5 Å². The minimum atomic E-state index is 0.135. The number of epoxide rings is 1. The Morgan fingerprint density at radius 2 is 2.33 bits per heavy atom. The molecule has 0 amide bonds. The Morgan fingerprint density at radius 3 is 2.78 bits per heavy atom. The molecule has 3 heteroatoms. The third-order valence-corrected chi connectivity index (χ3v) is 2.27. The molecular weight excluding hydrogens is 159 g/mol. The number of alkyl halides is 2. The first-order chi connectivity index (χ1) is 4.33. The van der Waals surface area contributed by atoms with Crippen molar-refractivity contribution in [3.8, 4) is 0 Å². The lowest BCUT2D eigenvalue weighted by Crippen LogP contribution is -2.01.